The van der Waals surface area contributed by atoms with Crippen molar-refractivity contribution >= 4 is 5.91 Å². The first-order chi connectivity index (χ1) is 11.7. The number of hydrogen-bond acceptors (Lipinski definition) is 2. The van der Waals surface area contributed by atoms with Gasteiger partial charge in [0.15, 0.2) is 0 Å². The van der Waals surface area contributed by atoms with Crippen molar-refractivity contribution < 1.29 is 4.79 Å². The fourth-order valence-electron chi connectivity index (χ4n) is 5.42. The van der Waals surface area contributed by atoms with Crippen molar-refractivity contribution in [1.82, 2.24) is 10.2 Å². The molecule has 1 saturated carbocycles. The lowest BCUT2D eigenvalue weighted by Crippen LogP contribution is -2.59. The summed E-state index contributed by atoms with van der Waals surface area (Å²) in [5.41, 5.74) is 1.90. The van der Waals surface area contributed by atoms with Gasteiger partial charge < -0.3 is 5.32 Å². The summed E-state index contributed by atoms with van der Waals surface area (Å²) in [6.07, 6.45) is 11.9. The lowest BCUT2D eigenvalue weighted by molar-refractivity contribution is -0.00807. The minimum Gasteiger partial charge on any atom is -0.349 e. The molecular formula is C21H30N2O. The third-order valence-electron chi connectivity index (χ3n) is 6.50. The Morgan fingerprint density at radius 2 is 1.58 bits per heavy atom. The highest BCUT2D eigenvalue weighted by atomic mass is 16.1. The van der Waals surface area contributed by atoms with E-state index in [0.29, 0.717) is 18.1 Å². The third kappa shape index (κ3) is 3.11. The Balaban J connectivity index is 1.43. The second-order valence-electron chi connectivity index (χ2n) is 8.08. The summed E-state index contributed by atoms with van der Waals surface area (Å²) in [6.45, 7) is 2.02. The van der Waals surface area contributed by atoms with Crippen LogP contribution in [0.4, 0.5) is 0 Å². The van der Waals surface area contributed by atoms with E-state index in [9.17, 15) is 4.79 Å². The van der Waals surface area contributed by atoms with E-state index in [2.05, 4.69) is 10.2 Å². The minimum atomic E-state index is 0.116. The van der Waals surface area contributed by atoms with Gasteiger partial charge in [0, 0.05) is 29.7 Å². The molecule has 3 nitrogen and oxygen atoms in total. The first-order valence-electron chi connectivity index (χ1n) is 9.86. The number of nitrogens with zero attached hydrogens (tertiary/aromatic N) is 1. The molecular weight excluding hydrogens is 296 g/mol. The molecule has 1 N–H and O–H groups in total. The highest BCUT2D eigenvalue weighted by molar-refractivity contribution is 5.95. The number of carbonyl (C=O) groups excluding carboxylic acids is 1. The second kappa shape index (κ2) is 6.87. The molecule has 3 heteroatoms. The lowest BCUT2D eigenvalue weighted by atomic mass is 9.80. The van der Waals surface area contributed by atoms with E-state index in [0.717, 1.165) is 30.0 Å². The fourth-order valence-corrected chi connectivity index (χ4v) is 5.42. The molecule has 4 rings (SSSR count). The molecule has 1 unspecified atom stereocenters. The van der Waals surface area contributed by atoms with Crippen molar-refractivity contribution in [3.8, 4) is 0 Å². The first kappa shape index (κ1) is 16.1. The Bertz CT molecular complexity index is 579. The molecule has 1 aromatic rings. The van der Waals surface area contributed by atoms with Gasteiger partial charge in [-0.2, -0.15) is 0 Å². The van der Waals surface area contributed by atoms with Gasteiger partial charge in [0.1, 0.15) is 0 Å². The largest absolute Gasteiger partial charge is 0.349 e. The van der Waals surface area contributed by atoms with Crippen molar-refractivity contribution in [2.24, 2.45) is 0 Å². The zero-order chi connectivity index (χ0) is 16.5. The van der Waals surface area contributed by atoms with Gasteiger partial charge in [0.05, 0.1) is 0 Å². The minimum absolute atomic E-state index is 0.116. The van der Waals surface area contributed by atoms with Gasteiger partial charge in [-0.15, -0.1) is 0 Å². The smallest absolute Gasteiger partial charge is 0.251 e. The second-order valence-corrected chi connectivity index (χ2v) is 8.08. The maximum absolute atomic E-state index is 12.7. The van der Waals surface area contributed by atoms with Crippen molar-refractivity contribution in [3.63, 3.8) is 0 Å². The van der Waals surface area contributed by atoms with Gasteiger partial charge in [-0.3, -0.25) is 9.69 Å². The molecule has 130 valence electrons. The Kier molecular flexibility index (Phi) is 4.62. The first-order valence-corrected chi connectivity index (χ1v) is 9.86. The maximum Gasteiger partial charge on any atom is 0.251 e. The van der Waals surface area contributed by atoms with Gasteiger partial charge in [-0.05, 0) is 57.1 Å². The van der Waals surface area contributed by atoms with Gasteiger partial charge in [-0.25, -0.2) is 0 Å². The lowest BCUT2D eigenvalue weighted by Gasteiger charge is -2.51. The monoisotopic (exact) mass is 326 g/mol. The van der Waals surface area contributed by atoms with E-state index >= 15 is 0 Å². The van der Waals surface area contributed by atoms with Crippen molar-refractivity contribution in [3.05, 3.63) is 35.4 Å². The molecule has 2 saturated heterocycles. The predicted octanol–water partition coefficient (Wildman–Crippen LogP) is 4.05. The number of rotatable bonds is 3. The highest BCUT2D eigenvalue weighted by Gasteiger charge is 2.42. The number of amides is 1. The van der Waals surface area contributed by atoms with Crippen LogP contribution in [0.25, 0.3) is 0 Å². The molecule has 2 heterocycles. The number of nitrogens with one attached hydrogen (secondary N) is 1. The number of aryl methyl sites for hydroxylation is 1. The average Bonchev–Trinajstić information content (AvgIpc) is 3.08. The van der Waals surface area contributed by atoms with E-state index in [-0.39, 0.29) is 5.91 Å². The molecule has 24 heavy (non-hydrogen) atoms. The normalized spacial score (nSPS) is 31.1. The Labute approximate surface area is 145 Å². The molecule has 0 aromatic heterocycles. The Morgan fingerprint density at radius 3 is 2.25 bits per heavy atom. The summed E-state index contributed by atoms with van der Waals surface area (Å²) in [4.78, 5) is 15.5. The molecule has 3 aliphatic rings. The SMILES string of the molecule is Cc1ccccc1C(=O)NC1C[C@H]2CCC[C@@H](C1)N2C1CCCC1. The molecule has 0 radical (unpaired) electrons. The molecule has 0 spiro atoms. The van der Waals surface area contributed by atoms with Crippen LogP contribution in [-0.4, -0.2) is 35.0 Å². The molecule has 1 aromatic carbocycles. The number of hydrogen-bond donors (Lipinski definition) is 1. The quantitative estimate of drug-likeness (QED) is 0.909. The van der Waals surface area contributed by atoms with Crippen LogP contribution in [0.1, 0.15) is 73.7 Å². The molecule has 3 fully saturated rings. The topological polar surface area (TPSA) is 32.3 Å². The van der Waals surface area contributed by atoms with E-state index < -0.39 is 0 Å². The summed E-state index contributed by atoms with van der Waals surface area (Å²) >= 11 is 0. The number of fused-ring (bicyclic) bond motifs is 2. The zero-order valence-corrected chi connectivity index (χ0v) is 14.8. The number of benzene rings is 1. The van der Waals surface area contributed by atoms with E-state index in [4.69, 9.17) is 0 Å². The van der Waals surface area contributed by atoms with Crippen LogP contribution >= 0.6 is 0 Å². The van der Waals surface area contributed by atoms with Gasteiger partial charge in [0.25, 0.3) is 5.91 Å². The van der Waals surface area contributed by atoms with Crippen LogP contribution in [0, 0.1) is 6.92 Å². The third-order valence-corrected chi connectivity index (χ3v) is 6.50. The summed E-state index contributed by atoms with van der Waals surface area (Å²) in [5.74, 6) is 0.116. The zero-order valence-electron chi connectivity index (χ0n) is 14.8. The van der Waals surface area contributed by atoms with E-state index in [1.54, 1.807) is 0 Å². The average molecular weight is 326 g/mol. The Morgan fingerprint density at radius 1 is 0.958 bits per heavy atom. The van der Waals surface area contributed by atoms with Crippen molar-refractivity contribution in [1.29, 1.82) is 0 Å². The van der Waals surface area contributed by atoms with Gasteiger partial charge >= 0.3 is 0 Å². The van der Waals surface area contributed by atoms with Crippen LogP contribution in [0.2, 0.25) is 0 Å². The summed E-state index contributed by atoms with van der Waals surface area (Å²) in [5, 5.41) is 3.35. The molecule has 2 bridgehead atoms. The molecule has 2 aliphatic heterocycles. The number of piperidine rings is 2. The van der Waals surface area contributed by atoms with Crippen LogP contribution in [0.5, 0.6) is 0 Å². The van der Waals surface area contributed by atoms with Crippen LogP contribution < -0.4 is 5.32 Å². The van der Waals surface area contributed by atoms with Crippen LogP contribution in [0.3, 0.4) is 0 Å². The summed E-state index contributed by atoms with van der Waals surface area (Å²) in [6, 6.07) is 10.5. The molecule has 3 atom stereocenters. The maximum atomic E-state index is 12.7. The van der Waals surface area contributed by atoms with Crippen LogP contribution in [0.15, 0.2) is 24.3 Å². The Hall–Kier alpha value is -1.35. The predicted molar refractivity (Wildman–Crippen MR) is 97.2 cm³/mol. The van der Waals surface area contributed by atoms with E-state index in [1.807, 2.05) is 31.2 Å². The van der Waals surface area contributed by atoms with Gasteiger partial charge in [-0.1, -0.05) is 37.5 Å². The fraction of sp³-hybridized carbons (Fsp3) is 0.667. The number of carbonyl (C=O) groups is 1. The molecule has 1 aliphatic carbocycles. The van der Waals surface area contributed by atoms with Crippen molar-refractivity contribution in [2.75, 3.05) is 0 Å². The van der Waals surface area contributed by atoms with Gasteiger partial charge in [0.2, 0.25) is 0 Å². The summed E-state index contributed by atoms with van der Waals surface area (Å²) in [7, 11) is 0. The standard InChI is InChI=1S/C21H30N2O/c1-15-7-2-5-12-20(15)21(24)22-16-13-18-10-6-11-19(14-16)23(18)17-8-3-4-9-17/h2,5,7,12,16-19H,3-4,6,8-11,13-14H2,1H3,(H,22,24)/t16?,18-,19+. The van der Waals surface area contributed by atoms with Crippen molar-refractivity contribution in [2.45, 2.75) is 88.9 Å². The summed E-state index contributed by atoms with van der Waals surface area (Å²) < 4.78 is 0. The van der Waals surface area contributed by atoms with Crippen LogP contribution in [-0.2, 0) is 0 Å². The van der Waals surface area contributed by atoms with E-state index in [1.165, 1.54) is 44.9 Å². The highest BCUT2D eigenvalue weighted by Crippen LogP contribution is 2.39. The molecule has 1 amide bonds.